The Morgan fingerprint density at radius 2 is 2.27 bits per heavy atom. The Morgan fingerprint density at radius 1 is 1.47 bits per heavy atom. The molecule has 2 heterocycles. The second-order valence-electron chi connectivity index (χ2n) is 3.27. The van der Waals surface area contributed by atoms with Gasteiger partial charge in [-0.2, -0.15) is 4.68 Å². The zero-order valence-corrected chi connectivity index (χ0v) is 8.69. The van der Waals surface area contributed by atoms with Crippen molar-refractivity contribution in [2.24, 2.45) is 0 Å². The summed E-state index contributed by atoms with van der Waals surface area (Å²) >= 11 is 0. The molecule has 5 nitrogen and oxygen atoms in total. The molecule has 0 bridgehead atoms. The number of hydrogen-bond donors (Lipinski definition) is 1. The van der Waals surface area contributed by atoms with Gasteiger partial charge in [-0.05, 0) is 13.3 Å². The van der Waals surface area contributed by atoms with E-state index in [9.17, 15) is 4.79 Å². The van der Waals surface area contributed by atoms with Crippen molar-refractivity contribution in [2.45, 2.75) is 20.3 Å². The first-order chi connectivity index (χ1) is 7.24. The van der Waals surface area contributed by atoms with Crippen molar-refractivity contribution >= 4 is 0 Å². The summed E-state index contributed by atoms with van der Waals surface area (Å²) in [5.74, 6) is 0.519. The molecule has 5 heteroatoms. The van der Waals surface area contributed by atoms with Gasteiger partial charge in [-0.15, -0.1) is 0 Å². The molecule has 0 aliphatic rings. The number of aromatic amines is 1. The Labute approximate surface area is 86.8 Å². The predicted molar refractivity (Wildman–Crippen MR) is 56.1 cm³/mol. The fourth-order valence-corrected chi connectivity index (χ4v) is 1.48. The monoisotopic (exact) mass is 204 g/mol. The molecule has 0 unspecified atom stereocenters. The van der Waals surface area contributed by atoms with Crippen molar-refractivity contribution in [3.8, 4) is 5.82 Å². The minimum Gasteiger partial charge on any atom is -0.293 e. The van der Waals surface area contributed by atoms with Crippen LogP contribution in [0.5, 0.6) is 0 Å². The topological polar surface area (TPSA) is 63.6 Å². The van der Waals surface area contributed by atoms with E-state index in [1.807, 2.05) is 13.8 Å². The molecule has 0 aliphatic heterocycles. The fourth-order valence-electron chi connectivity index (χ4n) is 1.48. The highest BCUT2D eigenvalue weighted by Crippen LogP contribution is 2.03. The zero-order valence-electron chi connectivity index (χ0n) is 8.69. The molecule has 15 heavy (non-hydrogen) atoms. The van der Waals surface area contributed by atoms with E-state index in [-0.39, 0.29) is 5.56 Å². The molecule has 0 amide bonds. The standard InChI is InChI=1S/C10H12N4O/c1-3-8-7(2)10(15)14(13-8)9-6-11-4-5-12-9/h4-6,13H,3H2,1-2H3. The van der Waals surface area contributed by atoms with Gasteiger partial charge in [0.05, 0.1) is 6.20 Å². The third kappa shape index (κ3) is 1.56. The molecule has 0 spiro atoms. The number of rotatable bonds is 2. The van der Waals surface area contributed by atoms with Crippen molar-refractivity contribution in [1.29, 1.82) is 0 Å². The maximum atomic E-state index is 11.8. The van der Waals surface area contributed by atoms with Crippen molar-refractivity contribution in [3.05, 3.63) is 40.2 Å². The van der Waals surface area contributed by atoms with Crippen molar-refractivity contribution in [3.63, 3.8) is 0 Å². The van der Waals surface area contributed by atoms with E-state index in [0.717, 1.165) is 17.7 Å². The van der Waals surface area contributed by atoms with E-state index in [0.29, 0.717) is 5.82 Å². The Bertz CT molecular complexity index is 512. The molecule has 2 aromatic rings. The van der Waals surface area contributed by atoms with Crippen molar-refractivity contribution < 1.29 is 0 Å². The molecule has 0 saturated carbocycles. The van der Waals surface area contributed by atoms with Gasteiger partial charge in [-0.25, -0.2) is 4.98 Å². The van der Waals surface area contributed by atoms with Crippen molar-refractivity contribution in [1.82, 2.24) is 19.7 Å². The molecule has 0 fully saturated rings. The Hall–Kier alpha value is -1.91. The highest BCUT2D eigenvalue weighted by atomic mass is 16.1. The van der Waals surface area contributed by atoms with E-state index >= 15 is 0 Å². The van der Waals surface area contributed by atoms with E-state index in [1.165, 1.54) is 4.68 Å². The largest absolute Gasteiger partial charge is 0.293 e. The summed E-state index contributed by atoms with van der Waals surface area (Å²) in [4.78, 5) is 19.8. The lowest BCUT2D eigenvalue weighted by atomic mass is 10.2. The average Bonchev–Trinajstić information content (AvgIpc) is 2.57. The molecule has 0 aromatic carbocycles. The van der Waals surface area contributed by atoms with Gasteiger partial charge in [0.15, 0.2) is 5.82 Å². The lowest BCUT2D eigenvalue weighted by molar-refractivity contribution is 0.788. The first kappa shape index (κ1) is 9.64. The average molecular weight is 204 g/mol. The molecule has 78 valence electrons. The Kier molecular flexibility index (Phi) is 2.37. The van der Waals surface area contributed by atoms with Crippen LogP contribution in [0, 0.1) is 6.92 Å². The predicted octanol–water partition coefficient (Wildman–Crippen LogP) is 0.826. The molecule has 0 saturated heterocycles. The van der Waals surface area contributed by atoms with Crippen LogP contribution < -0.4 is 5.56 Å². The highest BCUT2D eigenvalue weighted by Gasteiger charge is 2.10. The zero-order chi connectivity index (χ0) is 10.8. The molecular weight excluding hydrogens is 192 g/mol. The van der Waals surface area contributed by atoms with E-state index in [2.05, 4.69) is 15.1 Å². The van der Waals surface area contributed by atoms with Gasteiger partial charge in [0.1, 0.15) is 0 Å². The van der Waals surface area contributed by atoms with Crippen LogP contribution in [0.2, 0.25) is 0 Å². The van der Waals surface area contributed by atoms with Gasteiger partial charge >= 0.3 is 0 Å². The van der Waals surface area contributed by atoms with Crippen LogP contribution in [-0.4, -0.2) is 19.7 Å². The number of H-pyrrole nitrogens is 1. The van der Waals surface area contributed by atoms with Crippen LogP contribution >= 0.6 is 0 Å². The summed E-state index contributed by atoms with van der Waals surface area (Å²) in [6.07, 6.45) is 5.49. The fraction of sp³-hybridized carbons (Fsp3) is 0.300. The summed E-state index contributed by atoms with van der Waals surface area (Å²) in [5.41, 5.74) is 1.61. The van der Waals surface area contributed by atoms with Crippen LogP contribution in [0.3, 0.4) is 0 Å². The number of aryl methyl sites for hydroxylation is 1. The SMILES string of the molecule is CCc1[nH]n(-c2cnccn2)c(=O)c1C. The Balaban J connectivity index is 2.60. The first-order valence-corrected chi connectivity index (χ1v) is 4.81. The van der Waals surface area contributed by atoms with E-state index in [4.69, 9.17) is 0 Å². The van der Waals surface area contributed by atoms with Gasteiger partial charge in [0.25, 0.3) is 5.56 Å². The molecule has 2 aromatic heterocycles. The smallest absolute Gasteiger partial charge is 0.275 e. The number of nitrogens with one attached hydrogen (secondary N) is 1. The summed E-state index contributed by atoms with van der Waals surface area (Å²) in [6.45, 7) is 3.81. The number of hydrogen-bond acceptors (Lipinski definition) is 3. The quantitative estimate of drug-likeness (QED) is 0.787. The second-order valence-corrected chi connectivity index (χ2v) is 3.27. The maximum absolute atomic E-state index is 11.8. The summed E-state index contributed by atoms with van der Waals surface area (Å²) < 4.78 is 1.42. The summed E-state index contributed by atoms with van der Waals surface area (Å²) in [6, 6.07) is 0. The second kappa shape index (κ2) is 3.68. The van der Waals surface area contributed by atoms with Crippen LogP contribution in [0.15, 0.2) is 23.4 Å². The molecule has 1 N–H and O–H groups in total. The molecule has 0 atom stereocenters. The summed E-state index contributed by atoms with van der Waals surface area (Å²) in [7, 11) is 0. The normalized spacial score (nSPS) is 10.5. The van der Waals surface area contributed by atoms with Crippen molar-refractivity contribution in [2.75, 3.05) is 0 Å². The Morgan fingerprint density at radius 3 is 2.80 bits per heavy atom. The number of nitrogens with zero attached hydrogens (tertiary/aromatic N) is 3. The molecule has 0 radical (unpaired) electrons. The van der Waals surface area contributed by atoms with Gasteiger partial charge in [0, 0.05) is 23.7 Å². The highest BCUT2D eigenvalue weighted by molar-refractivity contribution is 5.23. The number of aromatic nitrogens is 4. The first-order valence-electron chi connectivity index (χ1n) is 4.81. The van der Waals surface area contributed by atoms with Gasteiger partial charge in [0.2, 0.25) is 0 Å². The lowest BCUT2D eigenvalue weighted by Crippen LogP contribution is -2.17. The van der Waals surface area contributed by atoms with Crippen LogP contribution in [0.25, 0.3) is 5.82 Å². The van der Waals surface area contributed by atoms with Gasteiger partial charge in [-0.1, -0.05) is 6.92 Å². The molecule has 2 rings (SSSR count). The van der Waals surface area contributed by atoms with E-state index < -0.39 is 0 Å². The van der Waals surface area contributed by atoms with Crippen LogP contribution in [-0.2, 0) is 6.42 Å². The summed E-state index contributed by atoms with van der Waals surface area (Å²) in [5, 5.41) is 3.02. The van der Waals surface area contributed by atoms with E-state index in [1.54, 1.807) is 18.6 Å². The maximum Gasteiger partial charge on any atom is 0.275 e. The minimum atomic E-state index is -0.0626. The van der Waals surface area contributed by atoms with Crippen LogP contribution in [0.1, 0.15) is 18.2 Å². The third-order valence-corrected chi connectivity index (χ3v) is 2.36. The molecular formula is C10H12N4O. The molecule has 0 aliphatic carbocycles. The van der Waals surface area contributed by atoms with Gasteiger partial charge < -0.3 is 0 Å². The lowest BCUT2D eigenvalue weighted by Gasteiger charge is -1.98. The van der Waals surface area contributed by atoms with Gasteiger partial charge in [-0.3, -0.25) is 14.9 Å². The third-order valence-electron chi connectivity index (χ3n) is 2.36. The minimum absolute atomic E-state index is 0.0626. The van der Waals surface area contributed by atoms with Crippen LogP contribution in [0.4, 0.5) is 0 Å².